The smallest absolute Gasteiger partial charge is 0.181 e. The number of hydrogen-bond acceptors (Lipinski definition) is 4. The minimum atomic E-state index is 0.594. The molecule has 5 heteroatoms. The van der Waals surface area contributed by atoms with E-state index in [-0.39, 0.29) is 0 Å². The fourth-order valence-corrected chi connectivity index (χ4v) is 1.66. The molecule has 0 radical (unpaired) electrons. The van der Waals surface area contributed by atoms with Crippen LogP contribution < -0.4 is 9.47 Å². The summed E-state index contributed by atoms with van der Waals surface area (Å²) in [6, 6.07) is 5.71. The summed E-state index contributed by atoms with van der Waals surface area (Å²) in [6.45, 7) is 6.96. The van der Waals surface area contributed by atoms with Crippen molar-refractivity contribution in [3.05, 3.63) is 24.0 Å². The zero-order valence-corrected chi connectivity index (χ0v) is 10.9. The fraction of sp³-hybridized carbons (Fsp3) is 0.385. The van der Waals surface area contributed by atoms with Gasteiger partial charge in [0.05, 0.1) is 13.2 Å². The summed E-state index contributed by atoms with van der Waals surface area (Å²) in [4.78, 5) is 4.29. The maximum atomic E-state index is 5.57. The molecule has 0 saturated heterocycles. The van der Waals surface area contributed by atoms with Crippen LogP contribution in [0, 0.1) is 6.92 Å². The first kappa shape index (κ1) is 12.4. The van der Waals surface area contributed by atoms with Crippen LogP contribution in [-0.2, 0) is 0 Å². The first-order valence-electron chi connectivity index (χ1n) is 6.03. The van der Waals surface area contributed by atoms with E-state index >= 15 is 0 Å². The van der Waals surface area contributed by atoms with Crippen LogP contribution in [0.2, 0.25) is 0 Å². The molecule has 0 fully saturated rings. The zero-order chi connectivity index (χ0) is 13.0. The summed E-state index contributed by atoms with van der Waals surface area (Å²) in [5, 5.41) is 6.96. The number of hydrogen-bond donors (Lipinski definition) is 1. The van der Waals surface area contributed by atoms with Gasteiger partial charge >= 0.3 is 0 Å². The van der Waals surface area contributed by atoms with Crippen LogP contribution in [0.25, 0.3) is 11.4 Å². The van der Waals surface area contributed by atoms with Gasteiger partial charge in [-0.15, -0.1) is 0 Å². The first-order chi connectivity index (χ1) is 8.74. The number of aromatic amines is 1. The van der Waals surface area contributed by atoms with Crippen LogP contribution >= 0.6 is 0 Å². The Kier molecular flexibility index (Phi) is 3.82. The Bertz CT molecular complexity index is 523. The molecule has 2 aromatic rings. The normalized spacial score (nSPS) is 10.4. The van der Waals surface area contributed by atoms with Crippen LogP contribution in [0.1, 0.15) is 19.7 Å². The zero-order valence-electron chi connectivity index (χ0n) is 10.9. The highest BCUT2D eigenvalue weighted by atomic mass is 16.5. The molecule has 0 aliphatic heterocycles. The topological polar surface area (TPSA) is 60.0 Å². The monoisotopic (exact) mass is 247 g/mol. The van der Waals surface area contributed by atoms with Crippen molar-refractivity contribution < 1.29 is 9.47 Å². The molecular formula is C13H17N3O2. The summed E-state index contributed by atoms with van der Waals surface area (Å²) < 4.78 is 11.1. The molecule has 0 spiro atoms. The average Bonchev–Trinajstić information content (AvgIpc) is 2.79. The third kappa shape index (κ3) is 2.61. The van der Waals surface area contributed by atoms with Crippen LogP contribution in [0.15, 0.2) is 18.2 Å². The van der Waals surface area contributed by atoms with Gasteiger partial charge in [0.2, 0.25) is 0 Å². The molecule has 96 valence electrons. The van der Waals surface area contributed by atoms with Gasteiger partial charge < -0.3 is 9.47 Å². The summed E-state index contributed by atoms with van der Waals surface area (Å²) in [5.41, 5.74) is 0.909. The lowest BCUT2D eigenvalue weighted by atomic mass is 10.2. The third-order valence-electron chi connectivity index (χ3n) is 2.40. The molecule has 0 amide bonds. The number of aromatic nitrogens is 3. The summed E-state index contributed by atoms with van der Waals surface area (Å²) in [7, 11) is 0. The quantitative estimate of drug-likeness (QED) is 0.882. The van der Waals surface area contributed by atoms with Crippen LogP contribution in [0.3, 0.4) is 0 Å². The number of nitrogens with zero attached hydrogens (tertiary/aromatic N) is 2. The summed E-state index contributed by atoms with van der Waals surface area (Å²) >= 11 is 0. The molecule has 5 nitrogen and oxygen atoms in total. The van der Waals surface area contributed by atoms with E-state index in [2.05, 4.69) is 15.2 Å². The second-order valence-corrected chi connectivity index (χ2v) is 3.77. The average molecular weight is 247 g/mol. The SMILES string of the molecule is CCOc1ccc(-c2n[nH]c(C)n2)cc1OCC. The molecule has 1 N–H and O–H groups in total. The largest absolute Gasteiger partial charge is 0.490 e. The van der Waals surface area contributed by atoms with Crippen molar-refractivity contribution >= 4 is 0 Å². The van der Waals surface area contributed by atoms with Crippen molar-refractivity contribution in [2.75, 3.05) is 13.2 Å². The van der Waals surface area contributed by atoms with E-state index < -0.39 is 0 Å². The van der Waals surface area contributed by atoms with Gasteiger partial charge in [0, 0.05) is 5.56 Å². The Balaban J connectivity index is 2.35. The molecule has 0 unspecified atom stereocenters. The molecule has 0 bridgehead atoms. The predicted octanol–water partition coefficient (Wildman–Crippen LogP) is 2.58. The third-order valence-corrected chi connectivity index (χ3v) is 2.40. The van der Waals surface area contributed by atoms with Crippen molar-refractivity contribution in [1.82, 2.24) is 15.2 Å². The van der Waals surface area contributed by atoms with Crippen LogP contribution in [-0.4, -0.2) is 28.4 Å². The molecule has 1 aromatic carbocycles. The second-order valence-electron chi connectivity index (χ2n) is 3.77. The molecule has 0 saturated carbocycles. The lowest BCUT2D eigenvalue weighted by molar-refractivity contribution is 0.288. The van der Waals surface area contributed by atoms with Crippen molar-refractivity contribution in [3.8, 4) is 22.9 Å². The van der Waals surface area contributed by atoms with E-state index in [0.717, 1.165) is 22.9 Å². The van der Waals surface area contributed by atoms with Crippen LogP contribution in [0.4, 0.5) is 0 Å². The van der Waals surface area contributed by atoms with E-state index in [9.17, 15) is 0 Å². The van der Waals surface area contributed by atoms with Gasteiger partial charge in [-0.25, -0.2) is 4.98 Å². The van der Waals surface area contributed by atoms with Crippen LogP contribution in [0.5, 0.6) is 11.5 Å². The summed E-state index contributed by atoms with van der Waals surface area (Å²) in [6.07, 6.45) is 0. The van der Waals surface area contributed by atoms with Crippen molar-refractivity contribution in [2.24, 2.45) is 0 Å². The van der Waals surface area contributed by atoms with Crippen molar-refractivity contribution in [2.45, 2.75) is 20.8 Å². The van der Waals surface area contributed by atoms with Gasteiger partial charge in [0.15, 0.2) is 17.3 Å². The van der Waals surface area contributed by atoms with Gasteiger partial charge in [-0.1, -0.05) is 0 Å². The van der Waals surface area contributed by atoms with Gasteiger partial charge in [0.1, 0.15) is 5.82 Å². The van der Waals surface area contributed by atoms with Gasteiger partial charge in [-0.2, -0.15) is 5.10 Å². The molecule has 1 heterocycles. The Morgan fingerprint density at radius 3 is 2.44 bits per heavy atom. The number of H-pyrrole nitrogens is 1. The van der Waals surface area contributed by atoms with E-state index in [0.29, 0.717) is 19.0 Å². The number of rotatable bonds is 5. The fourth-order valence-electron chi connectivity index (χ4n) is 1.66. The van der Waals surface area contributed by atoms with E-state index in [4.69, 9.17) is 9.47 Å². The lowest BCUT2D eigenvalue weighted by Gasteiger charge is -2.11. The molecule has 0 aliphatic rings. The Labute approximate surface area is 106 Å². The number of nitrogens with one attached hydrogen (secondary N) is 1. The molecule has 18 heavy (non-hydrogen) atoms. The number of aryl methyl sites for hydroxylation is 1. The van der Waals surface area contributed by atoms with E-state index in [1.54, 1.807) is 0 Å². The van der Waals surface area contributed by atoms with Crippen molar-refractivity contribution in [1.29, 1.82) is 0 Å². The molecule has 2 rings (SSSR count). The minimum absolute atomic E-state index is 0.594. The van der Waals surface area contributed by atoms with Crippen molar-refractivity contribution in [3.63, 3.8) is 0 Å². The second kappa shape index (κ2) is 5.53. The predicted molar refractivity (Wildman–Crippen MR) is 68.9 cm³/mol. The van der Waals surface area contributed by atoms with Gasteiger partial charge in [-0.05, 0) is 39.0 Å². The Morgan fingerprint density at radius 2 is 1.83 bits per heavy atom. The highest BCUT2D eigenvalue weighted by Gasteiger charge is 2.10. The van der Waals surface area contributed by atoms with E-state index in [1.807, 2.05) is 39.0 Å². The number of ether oxygens (including phenoxy) is 2. The Hall–Kier alpha value is -2.04. The maximum Gasteiger partial charge on any atom is 0.181 e. The Morgan fingerprint density at radius 1 is 1.11 bits per heavy atom. The highest BCUT2D eigenvalue weighted by molar-refractivity contribution is 5.60. The maximum absolute atomic E-state index is 5.57. The lowest BCUT2D eigenvalue weighted by Crippen LogP contribution is -1.98. The van der Waals surface area contributed by atoms with Gasteiger partial charge in [-0.3, -0.25) is 5.10 Å². The molecule has 1 aromatic heterocycles. The van der Waals surface area contributed by atoms with Gasteiger partial charge in [0.25, 0.3) is 0 Å². The highest BCUT2D eigenvalue weighted by Crippen LogP contribution is 2.31. The van der Waals surface area contributed by atoms with E-state index in [1.165, 1.54) is 0 Å². The minimum Gasteiger partial charge on any atom is -0.490 e. The molecule has 0 atom stereocenters. The summed E-state index contributed by atoms with van der Waals surface area (Å²) in [5.74, 6) is 2.92. The first-order valence-corrected chi connectivity index (χ1v) is 6.03. The molecular weight excluding hydrogens is 230 g/mol. The molecule has 0 aliphatic carbocycles. The number of benzene rings is 1. The standard InChI is InChI=1S/C13H17N3O2/c1-4-17-11-7-6-10(8-12(11)18-5-2)13-14-9(3)15-16-13/h6-8H,4-5H2,1-3H3,(H,14,15,16).